The predicted molar refractivity (Wildman–Crippen MR) is 99.8 cm³/mol. The number of aryl methyl sites for hydroxylation is 2. The van der Waals surface area contributed by atoms with Gasteiger partial charge in [0.15, 0.2) is 0 Å². The molecule has 1 fully saturated rings. The minimum absolute atomic E-state index is 0.00340. The normalized spacial score (nSPS) is 19.8. The third-order valence-electron chi connectivity index (χ3n) is 5.04. The molecule has 136 valence electrons. The second-order valence-electron chi connectivity index (χ2n) is 7.42. The van der Waals surface area contributed by atoms with Crippen molar-refractivity contribution >= 4 is 7.37 Å². The molecule has 0 aliphatic heterocycles. The van der Waals surface area contributed by atoms with Crippen LogP contribution in [0.4, 0.5) is 0 Å². The third kappa shape index (κ3) is 6.68. The van der Waals surface area contributed by atoms with Gasteiger partial charge in [-0.2, -0.15) is 0 Å². The van der Waals surface area contributed by atoms with Gasteiger partial charge in [0, 0.05) is 19.3 Å². The van der Waals surface area contributed by atoms with Gasteiger partial charge in [0.25, 0.3) is 0 Å². The van der Waals surface area contributed by atoms with Crippen LogP contribution in [0.5, 0.6) is 0 Å². The highest BCUT2D eigenvalue weighted by Gasteiger charge is 2.27. The summed E-state index contributed by atoms with van der Waals surface area (Å²) in [5.41, 5.74) is 3.68. The molecule has 5 heteroatoms. The molecule has 4 nitrogen and oxygen atoms in total. The Balaban J connectivity index is 1.72. The first kappa shape index (κ1) is 19.7. The fraction of sp³-hybridized carbons (Fsp3) is 0.684. The summed E-state index contributed by atoms with van der Waals surface area (Å²) in [6.07, 6.45) is 5.32. The number of aliphatic hydroxyl groups excluding tert-OH is 1. The van der Waals surface area contributed by atoms with Gasteiger partial charge in [0.2, 0.25) is 7.37 Å². The van der Waals surface area contributed by atoms with Crippen LogP contribution in [0.2, 0.25) is 0 Å². The lowest BCUT2D eigenvalue weighted by molar-refractivity contribution is 0.189. The van der Waals surface area contributed by atoms with Crippen molar-refractivity contribution in [3.8, 4) is 0 Å². The van der Waals surface area contributed by atoms with Gasteiger partial charge in [0.05, 0.1) is 12.3 Å². The Morgan fingerprint density at radius 3 is 2.58 bits per heavy atom. The summed E-state index contributed by atoms with van der Waals surface area (Å²) in [7, 11) is -3.23. The van der Waals surface area contributed by atoms with E-state index in [1.54, 1.807) is 0 Å². The zero-order valence-corrected chi connectivity index (χ0v) is 15.9. The molecular formula is C19H32NO3P. The summed E-state index contributed by atoms with van der Waals surface area (Å²) in [5.74, 6) is 0.366. The van der Waals surface area contributed by atoms with E-state index in [0.717, 1.165) is 12.8 Å². The molecule has 1 aromatic rings. The molecule has 0 aromatic heterocycles. The van der Waals surface area contributed by atoms with Gasteiger partial charge >= 0.3 is 0 Å². The average Bonchev–Trinajstić information content (AvgIpc) is 2.50. The monoisotopic (exact) mass is 353 g/mol. The minimum Gasteiger partial charge on any atom is -0.391 e. The molecule has 24 heavy (non-hydrogen) atoms. The lowest BCUT2D eigenvalue weighted by Crippen LogP contribution is -2.30. The molecule has 3 N–H and O–H groups in total. The van der Waals surface area contributed by atoms with Crippen molar-refractivity contribution in [3.63, 3.8) is 0 Å². The van der Waals surface area contributed by atoms with Crippen molar-refractivity contribution in [1.29, 1.82) is 0 Å². The molecule has 1 saturated carbocycles. The first-order valence-electron chi connectivity index (χ1n) is 9.11. The minimum atomic E-state index is -3.23. The van der Waals surface area contributed by atoms with E-state index in [9.17, 15) is 14.6 Å². The van der Waals surface area contributed by atoms with Crippen LogP contribution in [0.1, 0.15) is 48.8 Å². The van der Waals surface area contributed by atoms with Crippen molar-refractivity contribution in [1.82, 2.24) is 5.32 Å². The highest BCUT2D eigenvalue weighted by Crippen LogP contribution is 2.45. The Morgan fingerprint density at radius 2 is 1.92 bits per heavy atom. The van der Waals surface area contributed by atoms with Gasteiger partial charge in [-0.05, 0) is 49.3 Å². The summed E-state index contributed by atoms with van der Waals surface area (Å²) in [6, 6.07) is 6.30. The lowest BCUT2D eigenvalue weighted by Gasteiger charge is -2.25. The lowest BCUT2D eigenvalue weighted by atomic mass is 9.91. The fourth-order valence-corrected chi connectivity index (χ4v) is 5.65. The summed E-state index contributed by atoms with van der Waals surface area (Å²) >= 11 is 0. The Hall–Kier alpha value is -0.670. The fourth-order valence-electron chi connectivity index (χ4n) is 3.54. The van der Waals surface area contributed by atoms with Crippen molar-refractivity contribution in [3.05, 3.63) is 34.9 Å². The zero-order chi connectivity index (χ0) is 17.6. The number of benzene rings is 1. The maximum atomic E-state index is 12.4. The summed E-state index contributed by atoms with van der Waals surface area (Å²) in [5, 5.41) is 13.3. The molecular weight excluding hydrogens is 321 g/mol. The summed E-state index contributed by atoms with van der Waals surface area (Å²) < 4.78 is 12.4. The van der Waals surface area contributed by atoms with E-state index >= 15 is 0 Å². The van der Waals surface area contributed by atoms with E-state index in [1.807, 2.05) is 0 Å². The Morgan fingerprint density at radius 1 is 1.21 bits per heavy atom. The predicted octanol–water partition coefficient (Wildman–Crippen LogP) is 3.60. The van der Waals surface area contributed by atoms with Gasteiger partial charge in [-0.3, -0.25) is 4.57 Å². The molecule has 1 aliphatic rings. The molecule has 0 saturated heterocycles. The van der Waals surface area contributed by atoms with Gasteiger partial charge in [0.1, 0.15) is 0 Å². The molecule has 0 bridgehead atoms. The highest BCUT2D eigenvalue weighted by atomic mass is 31.2. The summed E-state index contributed by atoms with van der Waals surface area (Å²) in [6.45, 7) is 5.18. The van der Waals surface area contributed by atoms with Gasteiger partial charge < -0.3 is 15.3 Å². The number of hydrogen-bond acceptors (Lipinski definition) is 3. The zero-order valence-electron chi connectivity index (χ0n) is 15.0. The largest absolute Gasteiger partial charge is 0.391 e. The van der Waals surface area contributed by atoms with Crippen molar-refractivity contribution in [2.24, 2.45) is 5.92 Å². The SMILES string of the molecule is Cc1ccc(CNC[C@H](O)CP(=O)(O)CC2CCCCC2)cc1C. The number of nitrogens with one attached hydrogen (secondary N) is 1. The second kappa shape index (κ2) is 9.15. The molecule has 0 amide bonds. The van der Waals surface area contributed by atoms with Gasteiger partial charge in [-0.25, -0.2) is 0 Å². The Kier molecular flexibility index (Phi) is 7.49. The molecule has 1 aromatic carbocycles. The molecule has 1 unspecified atom stereocenters. The van der Waals surface area contributed by atoms with Crippen LogP contribution in [0, 0.1) is 19.8 Å². The topological polar surface area (TPSA) is 69.6 Å². The molecule has 0 heterocycles. The molecule has 1 aliphatic carbocycles. The van der Waals surface area contributed by atoms with Crippen LogP contribution >= 0.6 is 7.37 Å². The smallest absolute Gasteiger partial charge is 0.203 e. The van der Waals surface area contributed by atoms with Crippen LogP contribution in [0.25, 0.3) is 0 Å². The van der Waals surface area contributed by atoms with Crippen LogP contribution in [0.15, 0.2) is 18.2 Å². The van der Waals surface area contributed by atoms with Crippen molar-refractivity contribution < 1.29 is 14.6 Å². The number of rotatable bonds is 8. The highest BCUT2D eigenvalue weighted by molar-refractivity contribution is 7.58. The third-order valence-corrected chi connectivity index (χ3v) is 7.12. The first-order chi connectivity index (χ1) is 11.4. The first-order valence-corrected chi connectivity index (χ1v) is 11.1. The number of hydrogen-bond donors (Lipinski definition) is 3. The quantitative estimate of drug-likeness (QED) is 0.625. The van der Waals surface area contributed by atoms with E-state index < -0.39 is 13.5 Å². The van der Waals surface area contributed by atoms with Crippen LogP contribution in [-0.2, 0) is 11.1 Å². The second-order valence-corrected chi connectivity index (χ2v) is 9.84. The van der Waals surface area contributed by atoms with E-state index in [-0.39, 0.29) is 6.16 Å². The van der Waals surface area contributed by atoms with Gasteiger partial charge in [-0.1, -0.05) is 37.5 Å². The molecule has 0 radical (unpaired) electrons. The molecule has 0 spiro atoms. The van der Waals surface area contributed by atoms with Crippen LogP contribution in [0.3, 0.4) is 0 Å². The van der Waals surface area contributed by atoms with Crippen molar-refractivity contribution in [2.45, 2.75) is 58.6 Å². The van der Waals surface area contributed by atoms with E-state index in [2.05, 4.69) is 37.4 Å². The number of aliphatic hydroxyl groups is 1. The molecule has 2 rings (SSSR count). The maximum Gasteiger partial charge on any atom is 0.203 e. The standard InChI is InChI=1S/C19H32NO3P/c1-15-8-9-18(10-16(15)2)11-20-12-19(21)14-24(22,23)13-17-6-4-3-5-7-17/h8-10,17,19-21H,3-7,11-14H2,1-2H3,(H,22,23)/t19-/m0/s1. The Bertz CT molecular complexity index is 570. The molecule has 2 atom stereocenters. The van der Waals surface area contributed by atoms with E-state index in [0.29, 0.717) is 25.2 Å². The van der Waals surface area contributed by atoms with E-state index in [1.165, 1.54) is 36.0 Å². The van der Waals surface area contributed by atoms with Gasteiger partial charge in [-0.15, -0.1) is 0 Å². The van der Waals surface area contributed by atoms with Crippen LogP contribution in [-0.4, -0.2) is 35.0 Å². The van der Waals surface area contributed by atoms with E-state index in [4.69, 9.17) is 0 Å². The van der Waals surface area contributed by atoms with Crippen molar-refractivity contribution in [2.75, 3.05) is 18.9 Å². The van der Waals surface area contributed by atoms with Crippen LogP contribution < -0.4 is 5.32 Å². The Labute approximate surface area is 146 Å². The summed E-state index contributed by atoms with van der Waals surface area (Å²) in [4.78, 5) is 10.2. The average molecular weight is 353 g/mol. The maximum absolute atomic E-state index is 12.4.